The van der Waals surface area contributed by atoms with Crippen molar-refractivity contribution in [1.82, 2.24) is 0 Å². The molecule has 2 aromatic rings. The Morgan fingerprint density at radius 3 is 1.97 bits per heavy atom. The monoisotopic (exact) mass is 387 g/mol. The van der Waals surface area contributed by atoms with Gasteiger partial charge in [0.2, 0.25) is 0 Å². The van der Waals surface area contributed by atoms with Gasteiger partial charge in [0.25, 0.3) is 0 Å². The minimum atomic E-state index is -0.274. The molecule has 0 radical (unpaired) electrons. The van der Waals surface area contributed by atoms with Crippen molar-refractivity contribution in [2.24, 2.45) is 5.92 Å². The number of hydrogen-bond acceptors (Lipinski definition) is 1. The lowest BCUT2D eigenvalue weighted by molar-refractivity contribution is 0.262. The summed E-state index contributed by atoms with van der Waals surface area (Å²) >= 11 is 0. The van der Waals surface area contributed by atoms with Crippen molar-refractivity contribution in [3.8, 4) is 17.2 Å². The minimum absolute atomic E-state index is 0.274. The Bertz CT molecular complexity index is 771. The van der Waals surface area contributed by atoms with Gasteiger partial charge in [-0.3, -0.25) is 0 Å². The lowest BCUT2D eigenvalue weighted by Gasteiger charge is -2.35. The Hall–Kier alpha value is -2.07. The van der Waals surface area contributed by atoms with Crippen molar-refractivity contribution in [1.29, 1.82) is 5.26 Å². The number of nitriles is 1. The van der Waals surface area contributed by atoms with Gasteiger partial charge in [-0.25, -0.2) is 0 Å². The molecule has 1 saturated carbocycles. The van der Waals surface area contributed by atoms with Crippen LogP contribution in [0.5, 0.6) is 0 Å². The number of benzene rings is 2. The largest absolute Gasteiger partial charge is 0.197 e. The van der Waals surface area contributed by atoms with Gasteiger partial charge >= 0.3 is 0 Å². The molecule has 0 atom stereocenters. The highest BCUT2D eigenvalue weighted by molar-refractivity contribution is 5.64. The fraction of sp³-hybridized carbons (Fsp3) is 0.536. The van der Waals surface area contributed by atoms with E-state index in [1.165, 1.54) is 80.0 Å². The zero-order valence-electron chi connectivity index (χ0n) is 18.4. The molecule has 3 rings (SSSR count). The number of nitrogens with zero attached hydrogens (tertiary/aromatic N) is 1. The summed E-state index contributed by atoms with van der Waals surface area (Å²) in [5.41, 5.74) is 4.88. The van der Waals surface area contributed by atoms with Gasteiger partial charge in [-0.15, -0.1) is 0 Å². The minimum Gasteiger partial charge on any atom is -0.197 e. The van der Waals surface area contributed by atoms with E-state index in [2.05, 4.69) is 68.4 Å². The molecule has 29 heavy (non-hydrogen) atoms. The first-order valence-corrected chi connectivity index (χ1v) is 11.8. The van der Waals surface area contributed by atoms with Crippen molar-refractivity contribution in [3.05, 3.63) is 59.7 Å². The molecular weight excluding hydrogens is 350 g/mol. The summed E-state index contributed by atoms with van der Waals surface area (Å²) in [5.74, 6) is 0.827. The quantitative estimate of drug-likeness (QED) is 0.397. The highest BCUT2D eigenvalue weighted by atomic mass is 14.4. The van der Waals surface area contributed by atoms with Crippen LogP contribution < -0.4 is 0 Å². The molecule has 0 bridgehead atoms. The number of rotatable bonds is 9. The smallest absolute Gasteiger partial charge is 0.0822 e. The Kier molecular flexibility index (Phi) is 7.93. The van der Waals surface area contributed by atoms with Crippen LogP contribution in [0.3, 0.4) is 0 Å². The fourth-order valence-electron chi connectivity index (χ4n) is 4.83. The lowest BCUT2D eigenvalue weighted by atomic mass is 9.66. The van der Waals surface area contributed by atoms with Crippen molar-refractivity contribution >= 4 is 0 Å². The van der Waals surface area contributed by atoms with Gasteiger partial charge in [-0.2, -0.15) is 5.26 Å². The number of unbranched alkanes of at least 4 members (excludes halogenated alkanes) is 3. The van der Waals surface area contributed by atoms with E-state index in [-0.39, 0.29) is 5.41 Å². The molecule has 1 heteroatoms. The van der Waals surface area contributed by atoms with Crippen LogP contribution in [0.25, 0.3) is 11.1 Å². The zero-order valence-corrected chi connectivity index (χ0v) is 18.4. The molecule has 0 N–H and O–H groups in total. The fourth-order valence-corrected chi connectivity index (χ4v) is 4.83. The summed E-state index contributed by atoms with van der Waals surface area (Å²) in [4.78, 5) is 0. The molecule has 0 spiro atoms. The summed E-state index contributed by atoms with van der Waals surface area (Å²) in [5, 5.41) is 10.0. The van der Waals surface area contributed by atoms with Crippen LogP contribution in [-0.2, 0) is 11.8 Å². The van der Waals surface area contributed by atoms with Gasteiger partial charge in [0.15, 0.2) is 0 Å². The van der Waals surface area contributed by atoms with Gasteiger partial charge in [0.1, 0.15) is 0 Å². The first-order valence-electron chi connectivity index (χ1n) is 11.8. The SMILES string of the molecule is CCCCC[C@H]1CC[C@@](C#N)(c2ccc(-c3ccc(CCCC)cc3)cc2)CC1. The van der Waals surface area contributed by atoms with Crippen LogP contribution in [-0.4, -0.2) is 0 Å². The van der Waals surface area contributed by atoms with Crippen LogP contribution in [0.4, 0.5) is 0 Å². The molecule has 0 aromatic heterocycles. The van der Waals surface area contributed by atoms with Gasteiger partial charge in [-0.1, -0.05) is 94.5 Å². The normalized spacial score (nSPS) is 21.6. The summed E-state index contributed by atoms with van der Waals surface area (Å²) in [6.45, 7) is 4.51. The molecule has 0 amide bonds. The molecule has 1 aliphatic carbocycles. The van der Waals surface area contributed by atoms with Crippen molar-refractivity contribution in [2.45, 2.75) is 89.9 Å². The van der Waals surface area contributed by atoms with Crippen molar-refractivity contribution < 1.29 is 0 Å². The predicted molar refractivity (Wildman–Crippen MR) is 124 cm³/mol. The standard InChI is InChI=1S/C28H37N/c1-3-5-7-9-24-18-20-28(22-29,21-19-24)27-16-14-26(15-17-27)25-12-10-23(11-13-25)8-6-4-2/h10-17,24H,3-9,18-21H2,1-2H3/t24-,28+. The third kappa shape index (κ3) is 5.51. The summed E-state index contributed by atoms with van der Waals surface area (Å²) in [6.07, 6.45) is 13.5. The molecule has 1 nitrogen and oxygen atoms in total. The molecule has 0 unspecified atom stereocenters. The second-order valence-electron chi connectivity index (χ2n) is 9.01. The van der Waals surface area contributed by atoms with Crippen molar-refractivity contribution in [2.75, 3.05) is 0 Å². The van der Waals surface area contributed by atoms with E-state index in [0.29, 0.717) is 0 Å². The molecule has 0 aliphatic heterocycles. The maximum absolute atomic E-state index is 10.0. The third-order valence-corrected chi connectivity index (χ3v) is 6.93. The van der Waals surface area contributed by atoms with Crippen LogP contribution in [0.1, 0.15) is 89.2 Å². The zero-order chi connectivity index (χ0) is 20.5. The molecule has 0 saturated heterocycles. The Labute approximate surface area is 178 Å². The summed E-state index contributed by atoms with van der Waals surface area (Å²) in [6, 6.07) is 20.5. The van der Waals surface area contributed by atoms with Crippen LogP contribution in [0.15, 0.2) is 48.5 Å². The van der Waals surface area contributed by atoms with Gasteiger partial charge in [0, 0.05) is 0 Å². The van der Waals surface area contributed by atoms with E-state index >= 15 is 0 Å². The maximum Gasteiger partial charge on any atom is 0.0822 e. The molecule has 1 fully saturated rings. The Morgan fingerprint density at radius 2 is 1.41 bits per heavy atom. The van der Waals surface area contributed by atoms with E-state index in [0.717, 1.165) is 18.8 Å². The average Bonchev–Trinajstić information content (AvgIpc) is 2.79. The summed E-state index contributed by atoms with van der Waals surface area (Å²) in [7, 11) is 0. The van der Waals surface area contributed by atoms with Gasteiger partial charge < -0.3 is 0 Å². The van der Waals surface area contributed by atoms with E-state index in [4.69, 9.17) is 0 Å². The highest BCUT2D eigenvalue weighted by Gasteiger charge is 2.36. The van der Waals surface area contributed by atoms with E-state index < -0.39 is 0 Å². The van der Waals surface area contributed by atoms with Gasteiger partial charge in [-0.05, 0) is 66.7 Å². The van der Waals surface area contributed by atoms with E-state index in [1.807, 2.05) is 0 Å². The maximum atomic E-state index is 10.0. The third-order valence-electron chi connectivity index (χ3n) is 6.93. The Morgan fingerprint density at radius 1 is 0.828 bits per heavy atom. The molecule has 2 aromatic carbocycles. The van der Waals surface area contributed by atoms with Crippen LogP contribution in [0.2, 0.25) is 0 Å². The lowest BCUT2D eigenvalue weighted by Crippen LogP contribution is -2.30. The predicted octanol–water partition coefficient (Wildman–Crippen LogP) is 8.23. The number of hydrogen-bond donors (Lipinski definition) is 0. The highest BCUT2D eigenvalue weighted by Crippen LogP contribution is 2.43. The van der Waals surface area contributed by atoms with E-state index in [9.17, 15) is 5.26 Å². The summed E-state index contributed by atoms with van der Waals surface area (Å²) < 4.78 is 0. The van der Waals surface area contributed by atoms with Gasteiger partial charge in [0.05, 0.1) is 11.5 Å². The van der Waals surface area contributed by atoms with Crippen molar-refractivity contribution in [3.63, 3.8) is 0 Å². The molecule has 154 valence electrons. The van der Waals surface area contributed by atoms with Crippen LogP contribution in [0, 0.1) is 17.2 Å². The van der Waals surface area contributed by atoms with E-state index in [1.54, 1.807) is 0 Å². The Balaban J connectivity index is 1.65. The average molecular weight is 388 g/mol. The second kappa shape index (κ2) is 10.6. The molecular formula is C28H37N. The first kappa shape index (κ1) is 21.6. The van der Waals surface area contributed by atoms with Crippen LogP contribution >= 0.6 is 0 Å². The topological polar surface area (TPSA) is 23.8 Å². The molecule has 0 heterocycles. The first-order chi connectivity index (χ1) is 14.2. The number of aryl methyl sites for hydroxylation is 1. The second-order valence-corrected chi connectivity index (χ2v) is 9.01. The molecule has 1 aliphatic rings.